The molecule has 21 heavy (non-hydrogen) atoms. The average Bonchev–Trinajstić information content (AvgIpc) is 3.09. The quantitative estimate of drug-likeness (QED) is 0.867. The van der Waals surface area contributed by atoms with E-state index in [1.807, 2.05) is 0 Å². The molecular weight excluding hydrogens is 284 g/mol. The van der Waals surface area contributed by atoms with Crippen LogP contribution in [-0.4, -0.2) is 33.2 Å². The molecular formula is C15H22N4OS. The van der Waals surface area contributed by atoms with E-state index in [9.17, 15) is 0 Å². The molecule has 6 heteroatoms. The summed E-state index contributed by atoms with van der Waals surface area (Å²) in [4.78, 5) is 7.00. The summed E-state index contributed by atoms with van der Waals surface area (Å²) in [6.45, 7) is 9.31. The van der Waals surface area contributed by atoms with Gasteiger partial charge in [-0.15, -0.1) is 21.5 Å². The lowest BCUT2D eigenvalue weighted by molar-refractivity contribution is 0.190. The maximum atomic E-state index is 5.79. The van der Waals surface area contributed by atoms with Crippen molar-refractivity contribution in [3.8, 4) is 0 Å². The van der Waals surface area contributed by atoms with Gasteiger partial charge in [-0.25, -0.2) is 4.98 Å². The van der Waals surface area contributed by atoms with Crippen LogP contribution < -0.4 is 0 Å². The number of piperidine rings is 1. The molecule has 0 aliphatic carbocycles. The van der Waals surface area contributed by atoms with Gasteiger partial charge in [-0.2, -0.15) is 0 Å². The molecule has 0 bridgehead atoms. The van der Waals surface area contributed by atoms with E-state index >= 15 is 0 Å². The van der Waals surface area contributed by atoms with E-state index in [0.29, 0.717) is 11.8 Å². The van der Waals surface area contributed by atoms with E-state index in [1.165, 1.54) is 5.69 Å². The molecule has 0 amide bonds. The van der Waals surface area contributed by atoms with Gasteiger partial charge in [0.2, 0.25) is 11.8 Å². The number of likely N-dealkylation sites (tertiary alicyclic amines) is 1. The van der Waals surface area contributed by atoms with Crippen LogP contribution in [0.25, 0.3) is 0 Å². The monoisotopic (exact) mass is 306 g/mol. The van der Waals surface area contributed by atoms with Crippen molar-refractivity contribution in [2.75, 3.05) is 13.1 Å². The molecule has 2 aromatic rings. The molecule has 1 aliphatic rings. The molecule has 1 saturated heterocycles. The minimum atomic E-state index is 0.305. The Morgan fingerprint density at radius 1 is 1.33 bits per heavy atom. The molecule has 1 aliphatic heterocycles. The zero-order valence-corrected chi connectivity index (χ0v) is 13.7. The van der Waals surface area contributed by atoms with Crippen LogP contribution in [0.1, 0.15) is 61.0 Å². The van der Waals surface area contributed by atoms with Crippen LogP contribution in [0.5, 0.6) is 0 Å². The lowest BCUT2D eigenvalue weighted by Gasteiger charge is -2.29. The number of hydrogen-bond acceptors (Lipinski definition) is 6. The third-order valence-corrected chi connectivity index (χ3v) is 4.76. The van der Waals surface area contributed by atoms with E-state index in [4.69, 9.17) is 4.42 Å². The molecule has 2 aromatic heterocycles. The molecule has 0 atom stereocenters. The number of rotatable bonds is 4. The molecule has 0 aromatic carbocycles. The fourth-order valence-electron chi connectivity index (χ4n) is 2.69. The molecule has 0 unspecified atom stereocenters. The van der Waals surface area contributed by atoms with E-state index in [1.54, 1.807) is 11.3 Å². The third-order valence-electron chi connectivity index (χ3n) is 3.94. The molecule has 3 heterocycles. The van der Waals surface area contributed by atoms with Gasteiger partial charge in [0.15, 0.2) is 0 Å². The number of hydrogen-bond donors (Lipinski definition) is 0. The van der Waals surface area contributed by atoms with Gasteiger partial charge >= 0.3 is 0 Å². The van der Waals surface area contributed by atoms with Gasteiger partial charge in [-0.3, -0.25) is 4.90 Å². The number of thiazole rings is 1. The molecule has 0 spiro atoms. The predicted molar refractivity (Wildman–Crippen MR) is 82.5 cm³/mol. The molecule has 114 valence electrons. The molecule has 3 rings (SSSR count). The van der Waals surface area contributed by atoms with Crippen molar-refractivity contribution in [3.05, 3.63) is 27.9 Å². The van der Waals surface area contributed by atoms with Gasteiger partial charge in [0.05, 0.1) is 10.7 Å². The minimum Gasteiger partial charge on any atom is -0.425 e. The molecule has 5 nitrogen and oxygen atoms in total. The summed E-state index contributed by atoms with van der Waals surface area (Å²) in [5.41, 5.74) is 1.19. The van der Waals surface area contributed by atoms with Crippen molar-refractivity contribution in [2.45, 2.75) is 52.0 Å². The Hall–Kier alpha value is -1.27. The Balaban J connectivity index is 1.54. The number of aromatic nitrogens is 3. The normalized spacial score (nSPS) is 17.7. The lowest BCUT2D eigenvalue weighted by Crippen LogP contribution is -2.32. The Morgan fingerprint density at radius 2 is 2.10 bits per heavy atom. The zero-order valence-electron chi connectivity index (χ0n) is 12.9. The van der Waals surface area contributed by atoms with Gasteiger partial charge in [0.25, 0.3) is 0 Å². The second kappa shape index (κ2) is 6.23. The molecule has 0 saturated carbocycles. The van der Waals surface area contributed by atoms with Crippen molar-refractivity contribution in [2.24, 2.45) is 0 Å². The van der Waals surface area contributed by atoms with Crippen molar-refractivity contribution in [3.63, 3.8) is 0 Å². The first-order valence-corrected chi connectivity index (χ1v) is 8.46. The zero-order chi connectivity index (χ0) is 14.8. The highest BCUT2D eigenvalue weighted by Crippen LogP contribution is 2.29. The van der Waals surface area contributed by atoms with E-state index in [2.05, 4.69) is 46.2 Å². The maximum Gasteiger partial charge on any atom is 0.219 e. The van der Waals surface area contributed by atoms with Crippen molar-refractivity contribution >= 4 is 11.3 Å². The van der Waals surface area contributed by atoms with E-state index in [0.717, 1.165) is 49.3 Å². The highest BCUT2D eigenvalue weighted by Gasteiger charge is 2.25. The maximum absolute atomic E-state index is 5.79. The summed E-state index contributed by atoms with van der Waals surface area (Å²) in [5.74, 6) is 2.30. The Labute approximate surface area is 129 Å². The summed E-state index contributed by atoms with van der Waals surface area (Å²) in [6, 6.07) is 0. The second-order valence-corrected chi connectivity index (χ2v) is 7.10. The van der Waals surface area contributed by atoms with Crippen LogP contribution in [-0.2, 0) is 6.54 Å². The van der Waals surface area contributed by atoms with Crippen LogP contribution in [0, 0.1) is 6.92 Å². The van der Waals surface area contributed by atoms with E-state index < -0.39 is 0 Å². The van der Waals surface area contributed by atoms with Crippen LogP contribution >= 0.6 is 11.3 Å². The lowest BCUT2D eigenvalue weighted by atomic mass is 9.97. The van der Waals surface area contributed by atoms with Crippen molar-refractivity contribution in [1.29, 1.82) is 0 Å². The van der Waals surface area contributed by atoms with Gasteiger partial charge in [-0.05, 0) is 32.9 Å². The fourth-order valence-corrected chi connectivity index (χ4v) is 3.30. The fraction of sp³-hybridized carbons (Fsp3) is 0.667. The molecule has 0 radical (unpaired) electrons. The second-order valence-electron chi connectivity index (χ2n) is 6.04. The van der Waals surface area contributed by atoms with Crippen LogP contribution in [0.2, 0.25) is 0 Å². The Bertz CT molecular complexity index is 584. The first-order valence-electron chi connectivity index (χ1n) is 7.58. The van der Waals surface area contributed by atoms with Gasteiger partial charge < -0.3 is 4.42 Å². The summed E-state index contributed by atoms with van der Waals surface area (Å²) < 4.78 is 5.79. The number of aryl methyl sites for hydroxylation is 1. The topological polar surface area (TPSA) is 55.1 Å². The summed E-state index contributed by atoms with van der Waals surface area (Å²) in [5, 5.41) is 11.7. The van der Waals surface area contributed by atoms with Gasteiger partial charge in [-0.1, -0.05) is 13.8 Å². The standard InChI is InChI=1S/C15H22N4OS/c1-10(2)14-17-18-15(20-14)12-4-6-19(7-5-12)8-13-9-21-11(3)16-13/h9-10,12H,4-8H2,1-3H3. The smallest absolute Gasteiger partial charge is 0.219 e. The largest absolute Gasteiger partial charge is 0.425 e. The number of nitrogens with zero attached hydrogens (tertiary/aromatic N) is 4. The van der Waals surface area contributed by atoms with Crippen molar-refractivity contribution < 1.29 is 4.42 Å². The van der Waals surface area contributed by atoms with Crippen LogP contribution in [0.4, 0.5) is 0 Å². The molecule has 1 fully saturated rings. The first-order chi connectivity index (χ1) is 10.1. The summed E-state index contributed by atoms with van der Waals surface area (Å²) >= 11 is 1.72. The van der Waals surface area contributed by atoms with E-state index in [-0.39, 0.29) is 0 Å². The van der Waals surface area contributed by atoms with Gasteiger partial charge in [0, 0.05) is 23.8 Å². The summed E-state index contributed by atoms with van der Waals surface area (Å²) in [7, 11) is 0. The minimum absolute atomic E-state index is 0.305. The van der Waals surface area contributed by atoms with Crippen LogP contribution in [0.3, 0.4) is 0 Å². The highest BCUT2D eigenvalue weighted by molar-refractivity contribution is 7.09. The Morgan fingerprint density at radius 3 is 2.67 bits per heavy atom. The highest BCUT2D eigenvalue weighted by atomic mass is 32.1. The Kier molecular flexibility index (Phi) is 4.35. The first kappa shape index (κ1) is 14.7. The summed E-state index contributed by atoms with van der Waals surface area (Å²) in [6.07, 6.45) is 2.17. The van der Waals surface area contributed by atoms with Crippen molar-refractivity contribution in [1.82, 2.24) is 20.1 Å². The molecule has 0 N–H and O–H groups in total. The van der Waals surface area contributed by atoms with Crippen LogP contribution in [0.15, 0.2) is 9.80 Å². The predicted octanol–water partition coefficient (Wildman–Crippen LogP) is 3.34. The van der Waals surface area contributed by atoms with Gasteiger partial charge in [0.1, 0.15) is 0 Å². The average molecular weight is 306 g/mol. The SMILES string of the molecule is Cc1nc(CN2CCC(c3nnc(C(C)C)o3)CC2)cs1. The third kappa shape index (κ3) is 3.49.